The molecule has 0 atom stereocenters. The van der Waals surface area contributed by atoms with Crippen LogP contribution < -0.4 is 4.57 Å². The molecule has 0 amide bonds. The van der Waals surface area contributed by atoms with E-state index < -0.39 is 0 Å². The molecule has 84 valence electrons. The molecular weight excluding hydrogens is 224 g/mol. The van der Waals surface area contributed by atoms with Crippen LogP contribution in [0.5, 0.6) is 0 Å². The first-order valence-electron chi connectivity index (χ1n) is 5.24. The van der Waals surface area contributed by atoms with Crippen LogP contribution in [0.15, 0.2) is 12.4 Å². The average molecular weight is 242 g/mol. The van der Waals surface area contributed by atoms with Crippen LogP contribution in [0.2, 0.25) is 0 Å². The summed E-state index contributed by atoms with van der Waals surface area (Å²) in [6, 6.07) is 0.897. The fourth-order valence-electron chi connectivity index (χ4n) is 1.70. The molecule has 0 spiro atoms. The van der Waals surface area contributed by atoms with E-state index in [1.165, 1.54) is 5.82 Å². The van der Waals surface area contributed by atoms with Crippen molar-refractivity contribution in [3.63, 3.8) is 0 Å². The smallest absolute Gasteiger partial charge is 0.259 e. The van der Waals surface area contributed by atoms with Crippen LogP contribution in [0, 0.1) is 0 Å². The van der Waals surface area contributed by atoms with Crippen LogP contribution in [0.1, 0.15) is 45.6 Å². The maximum Gasteiger partial charge on any atom is 0.259 e. The van der Waals surface area contributed by atoms with Gasteiger partial charge in [0, 0.05) is 0 Å². The predicted octanol–water partition coefficient (Wildman–Crippen LogP) is 2.35. The third-order valence-corrected chi connectivity index (χ3v) is 2.69. The monoisotopic (exact) mass is 242 g/mol. The quantitative estimate of drug-likeness (QED) is 0.455. The number of thiocarbonyl (C=S) groups is 1. The molecule has 0 aliphatic carbocycles. The standard InChI is InChI=1S/C11H18N2S2/c1-8(2)12-5-6-13(9(3)4)10(12)7-11(14)15/h5-6,8-9H,7H2,1-4H3. The Morgan fingerprint density at radius 3 is 2.47 bits per heavy atom. The molecule has 0 aliphatic rings. The maximum atomic E-state index is 5.02. The summed E-state index contributed by atoms with van der Waals surface area (Å²) < 4.78 is 5.10. The van der Waals surface area contributed by atoms with E-state index in [0.717, 1.165) is 0 Å². The van der Waals surface area contributed by atoms with E-state index in [4.69, 9.17) is 24.8 Å². The third-order valence-electron chi connectivity index (χ3n) is 2.40. The number of nitrogens with zero attached hydrogens (tertiary/aromatic N) is 2. The largest absolute Gasteiger partial charge is 0.432 e. The number of hydrogen-bond acceptors (Lipinski definition) is 2. The van der Waals surface area contributed by atoms with Crippen LogP contribution >= 0.6 is 12.2 Å². The van der Waals surface area contributed by atoms with Gasteiger partial charge in [-0.25, -0.2) is 9.13 Å². The van der Waals surface area contributed by atoms with E-state index in [1.54, 1.807) is 0 Å². The molecule has 0 saturated heterocycles. The van der Waals surface area contributed by atoms with Gasteiger partial charge in [0.15, 0.2) is 0 Å². The highest BCUT2D eigenvalue weighted by Crippen LogP contribution is 2.10. The molecule has 15 heavy (non-hydrogen) atoms. The first-order chi connectivity index (χ1) is 6.93. The predicted molar refractivity (Wildman–Crippen MR) is 69.1 cm³/mol. The van der Waals surface area contributed by atoms with Gasteiger partial charge < -0.3 is 24.8 Å². The van der Waals surface area contributed by atoms with Gasteiger partial charge in [-0.3, -0.25) is 0 Å². The minimum Gasteiger partial charge on any atom is -0.432 e. The zero-order valence-corrected chi connectivity index (χ0v) is 11.4. The first kappa shape index (κ1) is 12.6. The van der Waals surface area contributed by atoms with Crippen molar-refractivity contribution < 1.29 is 4.57 Å². The Morgan fingerprint density at radius 1 is 1.47 bits per heavy atom. The summed E-state index contributed by atoms with van der Waals surface area (Å²) in [7, 11) is 0. The van der Waals surface area contributed by atoms with Gasteiger partial charge in [0.25, 0.3) is 5.82 Å². The second-order valence-corrected chi connectivity index (χ2v) is 5.51. The molecule has 0 unspecified atom stereocenters. The highest BCUT2D eigenvalue weighted by molar-refractivity contribution is 8.00. The summed E-state index contributed by atoms with van der Waals surface area (Å²) >= 11 is 10.0. The van der Waals surface area contributed by atoms with Gasteiger partial charge in [0.2, 0.25) is 0 Å². The molecule has 1 aromatic rings. The van der Waals surface area contributed by atoms with Gasteiger partial charge in [-0.2, -0.15) is 0 Å². The Labute approximate surface area is 103 Å². The lowest BCUT2D eigenvalue weighted by molar-refractivity contribution is -0.722. The number of imidazole rings is 1. The van der Waals surface area contributed by atoms with Crippen molar-refractivity contribution in [1.29, 1.82) is 0 Å². The van der Waals surface area contributed by atoms with Crippen molar-refractivity contribution in [1.82, 2.24) is 4.57 Å². The minimum atomic E-state index is 0.448. The lowest BCUT2D eigenvalue weighted by Crippen LogP contribution is -2.40. The molecule has 0 fully saturated rings. The summed E-state index contributed by atoms with van der Waals surface area (Å²) in [5.41, 5.74) is 0. The number of rotatable bonds is 4. The van der Waals surface area contributed by atoms with Crippen LogP contribution in [0.4, 0.5) is 0 Å². The van der Waals surface area contributed by atoms with Gasteiger partial charge in [-0.15, -0.1) is 4.20 Å². The maximum absolute atomic E-state index is 5.02. The van der Waals surface area contributed by atoms with E-state index in [-0.39, 0.29) is 0 Å². The molecule has 0 bridgehead atoms. The fraction of sp³-hybridized carbons (Fsp3) is 0.636. The van der Waals surface area contributed by atoms with Crippen molar-refractivity contribution in [2.24, 2.45) is 0 Å². The lowest BCUT2D eigenvalue weighted by Gasteiger charge is -2.11. The van der Waals surface area contributed by atoms with Gasteiger partial charge in [-0.05, 0) is 27.7 Å². The molecule has 1 heterocycles. The average Bonchev–Trinajstić information content (AvgIpc) is 2.46. The Bertz CT molecular complexity index is 328. The zero-order valence-electron chi connectivity index (χ0n) is 9.73. The molecule has 0 aromatic carbocycles. The molecule has 0 radical (unpaired) electrons. The number of aromatic nitrogens is 2. The molecule has 1 aromatic heterocycles. The van der Waals surface area contributed by atoms with Crippen LogP contribution in [0.3, 0.4) is 0 Å². The SMILES string of the molecule is CC(C)n1cc[n+](C(C)C)c1CC(=S)[S-]. The summed E-state index contributed by atoms with van der Waals surface area (Å²) in [4.78, 5) is 0. The third kappa shape index (κ3) is 2.98. The van der Waals surface area contributed by atoms with E-state index in [2.05, 4.69) is 49.2 Å². The molecule has 1 rings (SSSR count). The zero-order chi connectivity index (χ0) is 11.6. The molecular formula is C11H18N2S2. The van der Waals surface area contributed by atoms with E-state index in [9.17, 15) is 0 Å². The van der Waals surface area contributed by atoms with Crippen LogP contribution in [-0.4, -0.2) is 8.76 Å². The second kappa shape index (κ2) is 5.03. The summed E-state index contributed by atoms with van der Waals surface area (Å²) in [6.45, 7) is 8.67. The molecule has 0 aliphatic heterocycles. The Balaban J connectivity index is 3.14. The highest BCUT2D eigenvalue weighted by Gasteiger charge is 2.19. The lowest BCUT2D eigenvalue weighted by atomic mass is 10.3. The second-order valence-electron chi connectivity index (χ2n) is 4.27. The van der Waals surface area contributed by atoms with E-state index in [1.807, 2.05) is 0 Å². The topological polar surface area (TPSA) is 8.81 Å². The van der Waals surface area contributed by atoms with E-state index in [0.29, 0.717) is 22.7 Å². The van der Waals surface area contributed by atoms with Crippen LogP contribution in [0.25, 0.3) is 0 Å². The van der Waals surface area contributed by atoms with Gasteiger partial charge in [0.05, 0.1) is 18.5 Å². The Hall–Kier alpha value is -0.480. The first-order valence-corrected chi connectivity index (χ1v) is 6.05. The van der Waals surface area contributed by atoms with Crippen molar-refractivity contribution >= 4 is 29.0 Å². The fourth-order valence-corrected chi connectivity index (χ4v) is 1.96. The normalized spacial score (nSPS) is 11.3. The molecule has 4 heteroatoms. The van der Waals surface area contributed by atoms with Crippen molar-refractivity contribution in [3.05, 3.63) is 18.2 Å². The van der Waals surface area contributed by atoms with Gasteiger partial charge >= 0.3 is 0 Å². The van der Waals surface area contributed by atoms with Crippen molar-refractivity contribution in [2.75, 3.05) is 0 Å². The Morgan fingerprint density at radius 2 is 2.07 bits per heavy atom. The van der Waals surface area contributed by atoms with E-state index >= 15 is 0 Å². The summed E-state index contributed by atoms with van der Waals surface area (Å²) in [6.07, 6.45) is 4.91. The highest BCUT2D eigenvalue weighted by atomic mass is 32.1. The van der Waals surface area contributed by atoms with Crippen LogP contribution in [-0.2, 0) is 19.0 Å². The minimum absolute atomic E-state index is 0.448. The summed E-state index contributed by atoms with van der Waals surface area (Å²) in [5, 5.41) is 0. The van der Waals surface area contributed by atoms with Crippen molar-refractivity contribution in [3.8, 4) is 0 Å². The molecule has 2 nitrogen and oxygen atoms in total. The molecule has 0 N–H and O–H groups in total. The molecule has 0 saturated carbocycles. The van der Waals surface area contributed by atoms with Gasteiger partial charge in [0.1, 0.15) is 12.4 Å². The summed E-state index contributed by atoms with van der Waals surface area (Å²) in [5.74, 6) is 1.21. The Kier molecular flexibility index (Phi) is 4.22. The van der Waals surface area contributed by atoms with Gasteiger partial charge in [-0.1, -0.05) is 0 Å². The van der Waals surface area contributed by atoms with Crippen molar-refractivity contribution in [2.45, 2.75) is 46.2 Å². The number of hydrogen-bond donors (Lipinski definition) is 0.